The summed E-state index contributed by atoms with van der Waals surface area (Å²) in [5.41, 5.74) is 2.62. The van der Waals surface area contributed by atoms with Crippen molar-refractivity contribution in [2.75, 3.05) is 0 Å². The molecule has 1 rings (SSSR count). The Labute approximate surface area is 43.9 Å². The molecule has 0 heteroatoms. The van der Waals surface area contributed by atoms with Crippen LogP contribution in [0.3, 0.4) is 0 Å². The van der Waals surface area contributed by atoms with Crippen molar-refractivity contribution in [1.29, 1.82) is 0 Å². The maximum absolute atomic E-state index is 3.75. The summed E-state index contributed by atoms with van der Waals surface area (Å²) >= 11 is 0. The van der Waals surface area contributed by atoms with Gasteiger partial charge in [0.1, 0.15) is 0 Å². The second-order valence-electron chi connectivity index (χ2n) is 1.71. The Bertz CT molecular complexity index is 138. The molecule has 1 aliphatic carbocycles. The highest BCUT2D eigenvalue weighted by Crippen LogP contribution is 2.34. The standard InChI is InChI=1S/C7H8/c1-3-4-7-5-6(7)2/h3-4H,1-2,5H2/b7-4-. The van der Waals surface area contributed by atoms with E-state index in [1.54, 1.807) is 6.08 Å². The molecular weight excluding hydrogens is 84.1 g/mol. The minimum absolute atomic E-state index is 1.10. The smallest absolute Gasteiger partial charge is 0.00262 e. The third-order valence-corrected chi connectivity index (χ3v) is 1.05. The Balaban J connectivity index is 2.60. The predicted octanol–water partition coefficient (Wildman–Crippen LogP) is 2.06. The lowest BCUT2D eigenvalue weighted by Gasteiger charge is -1.60. The van der Waals surface area contributed by atoms with Crippen molar-refractivity contribution >= 4 is 0 Å². The van der Waals surface area contributed by atoms with Crippen LogP contribution in [-0.2, 0) is 0 Å². The van der Waals surface area contributed by atoms with Crippen LogP contribution in [-0.4, -0.2) is 0 Å². The van der Waals surface area contributed by atoms with Crippen LogP contribution in [0.1, 0.15) is 6.42 Å². The molecule has 0 atom stereocenters. The van der Waals surface area contributed by atoms with E-state index in [1.165, 1.54) is 11.1 Å². The van der Waals surface area contributed by atoms with Crippen molar-refractivity contribution < 1.29 is 0 Å². The van der Waals surface area contributed by atoms with Crippen molar-refractivity contribution in [2.45, 2.75) is 6.42 Å². The molecule has 7 heavy (non-hydrogen) atoms. The Morgan fingerprint density at radius 3 is 2.29 bits per heavy atom. The van der Waals surface area contributed by atoms with E-state index < -0.39 is 0 Å². The molecule has 0 bridgehead atoms. The van der Waals surface area contributed by atoms with E-state index in [1.807, 2.05) is 6.08 Å². The maximum Gasteiger partial charge on any atom is -0.00262 e. The molecule has 0 aromatic carbocycles. The van der Waals surface area contributed by atoms with Gasteiger partial charge >= 0.3 is 0 Å². The normalized spacial score (nSPS) is 22.9. The van der Waals surface area contributed by atoms with Crippen LogP contribution in [0.25, 0.3) is 0 Å². The van der Waals surface area contributed by atoms with E-state index in [-0.39, 0.29) is 0 Å². The zero-order valence-corrected chi connectivity index (χ0v) is 4.28. The summed E-state index contributed by atoms with van der Waals surface area (Å²) in [4.78, 5) is 0. The maximum atomic E-state index is 3.75. The van der Waals surface area contributed by atoms with Gasteiger partial charge in [-0.15, -0.1) is 0 Å². The SMILES string of the molecule is C=C/C=C1/CC1=C. The number of rotatable bonds is 1. The first kappa shape index (κ1) is 4.38. The largest absolute Gasteiger partial charge is 0.0991 e. The van der Waals surface area contributed by atoms with Crippen LogP contribution in [0.2, 0.25) is 0 Å². The zero-order valence-electron chi connectivity index (χ0n) is 4.28. The van der Waals surface area contributed by atoms with Gasteiger partial charge in [0, 0.05) is 0 Å². The molecule has 0 aromatic heterocycles. The van der Waals surface area contributed by atoms with Crippen molar-refractivity contribution in [3.8, 4) is 0 Å². The lowest BCUT2D eigenvalue weighted by Crippen LogP contribution is -1.39. The van der Waals surface area contributed by atoms with Gasteiger partial charge in [-0.05, 0) is 17.6 Å². The molecule has 1 aliphatic rings. The van der Waals surface area contributed by atoms with Crippen LogP contribution >= 0.6 is 0 Å². The highest BCUT2D eigenvalue weighted by Gasteiger charge is 2.15. The van der Waals surface area contributed by atoms with Gasteiger partial charge in [0.05, 0.1) is 0 Å². The average molecular weight is 92.1 g/mol. The molecule has 0 aliphatic heterocycles. The molecule has 0 heterocycles. The molecule has 0 N–H and O–H groups in total. The van der Waals surface area contributed by atoms with Crippen molar-refractivity contribution in [2.24, 2.45) is 0 Å². The topological polar surface area (TPSA) is 0 Å². The van der Waals surface area contributed by atoms with E-state index >= 15 is 0 Å². The summed E-state index contributed by atoms with van der Waals surface area (Å²) < 4.78 is 0. The van der Waals surface area contributed by atoms with Crippen LogP contribution in [0.15, 0.2) is 36.5 Å². The summed E-state index contributed by atoms with van der Waals surface area (Å²) in [7, 11) is 0. The van der Waals surface area contributed by atoms with E-state index in [2.05, 4.69) is 13.2 Å². The van der Waals surface area contributed by atoms with Crippen LogP contribution in [0.5, 0.6) is 0 Å². The average Bonchev–Trinajstić information content (AvgIpc) is 2.22. The van der Waals surface area contributed by atoms with Gasteiger partial charge in [-0.3, -0.25) is 0 Å². The van der Waals surface area contributed by atoms with Crippen molar-refractivity contribution in [3.63, 3.8) is 0 Å². The molecule has 0 unspecified atom stereocenters. The van der Waals surface area contributed by atoms with Gasteiger partial charge in [-0.1, -0.05) is 25.3 Å². The van der Waals surface area contributed by atoms with E-state index in [0.29, 0.717) is 0 Å². The lowest BCUT2D eigenvalue weighted by atomic mass is 10.5. The van der Waals surface area contributed by atoms with Crippen LogP contribution in [0.4, 0.5) is 0 Å². The van der Waals surface area contributed by atoms with Gasteiger partial charge in [-0.25, -0.2) is 0 Å². The molecule has 0 radical (unpaired) electrons. The first-order valence-corrected chi connectivity index (χ1v) is 2.34. The number of hydrogen-bond donors (Lipinski definition) is 0. The highest BCUT2D eigenvalue weighted by molar-refractivity contribution is 5.49. The minimum atomic E-state index is 1.10. The van der Waals surface area contributed by atoms with Crippen molar-refractivity contribution in [1.82, 2.24) is 0 Å². The van der Waals surface area contributed by atoms with Gasteiger partial charge in [0.15, 0.2) is 0 Å². The number of allylic oxidation sites excluding steroid dienone is 4. The van der Waals surface area contributed by atoms with E-state index in [0.717, 1.165) is 6.42 Å². The fraction of sp³-hybridized carbons (Fsp3) is 0.143. The Morgan fingerprint density at radius 1 is 1.57 bits per heavy atom. The molecule has 1 saturated carbocycles. The lowest BCUT2D eigenvalue weighted by molar-refractivity contribution is 1.69. The van der Waals surface area contributed by atoms with E-state index in [9.17, 15) is 0 Å². The zero-order chi connectivity index (χ0) is 5.28. The molecule has 0 aromatic rings. The molecule has 0 saturated heterocycles. The quantitative estimate of drug-likeness (QED) is 0.464. The van der Waals surface area contributed by atoms with Crippen LogP contribution in [0, 0.1) is 0 Å². The van der Waals surface area contributed by atoms with Gasteiger partial charge < -0.3 is 0 Å². The summed E-state index contributed by atoms with van der Waals surface area (Å²) in [5.74, 6) is 0. The fourth-order valence-corrected chi connectivity index (χ4v) is 0.505. The molecular formula is C7H8. The summed E-state index contributed by atoms with van der Waals surface area (Å²) in [6.07, 6.45) is 4.90. The van der Waals surface area contributed by atoms with Gasteiger partial charge in [-0.2, -0.15) is 0 Å². The molecule has 0 amide bonds. The first-order chi connectivity index (χ1) is 3.34. The molecule has 36 valence electrons. The third-order valence-electron chi connectivity index (χ3n) is 1.05. The highest BCUT2D eigenvalue weighted by atomic mass is 14.2. The molecule has 0 nitrogen and oxygen atoms in total. The second-order valence-corrected chi connectivity index (χ2v) is 1.71. The Morgan fingerprint density at radius 2 is 2.14 bits per heavy atom. The van der Waals surface area contributed by atoms with E-state index in [4.69, 9.17) is 0 Å². The van der Waals surface area contributed by atoms with Crippen molar-refractivity contribution in [3.05, 3.63) is 36.5 Å². The summed E-state index contributed by atoms with van der Waals surface area (Å²) in [6, 6.07) is 0. The Hall–Kier alpha value is -0.780. The molecule has 0 spiro atoms. The monoisotopic (exact) mass is 92.1 g/mol. The summed E-state index contributed by atoms with van der Waals surface area (Å²) in [6.45, 7) is 7.31. The number of hydrogen-bond acceptors (Lipinski definition) is 0. The summed E-state index contributed by atoms with van der Waals surface area (Å²) in [5, 5.41) is 0. The Kier molecular flexibility index (Phi) is 0.861. The van der Waals surface area contributed by atoms with Crippen LogP contribution < -0.4 is 0 Å². The van der Waals surface area contributed by atoms with Gasteiger partial charge in [0.25, 0.3) is 0 Å². The second kappa shape index (κ2) is 1.38. The predicted molar refractivity (Wildman–Crippen MR) is 32.0 cm³/mol. The van der Waals surface area contributed by atoms with Gasteiger partial charge in [0.2, 0.25) is 0 Å². The minimum Gasteiger partial charge on any atom is -0.0991 e. The molecule has 1 fully saturated rings. The fourth-order valence-electron chi connectivity index (χ4n) is 0.505. The first-order valence-electron chi connectivity index (χ1n) is 2.34. The third kappa shape index (κ3) is 0.801.